The number of nitrogens with one attached hydrogen (secondary N) is 2. The van der Waals surface area contributed by atoms with Crippen LogP contribution in [0.3, 0.4) is 0 Å². The number of aromatic nitrogens is 4. The van der Waals surface area contributed by atoms with Crippen molar-refractivity contribution < 1.29 is 4.74 Å². The van der Waals surface area contributed by atoms with Crippen molar-refractivity contribution in [2.45, 2.75) is 26.9 Å². The molecule has 0 saturated carbocycles. The maximum absolute atomic E-state index is 5.19. The lowest BCUT2D eigenvalue weighted by molar-refractivity contribution is 0.414. The van der Waals surface area contributed by atoms with E-state index in [9.17, 15) is 0 Å². The quantitative estimate of drug-likeness (QED) is 0.505. The lowest BCUT2D eigenvalue weighted by Gasteiger charge is -2.11. The second-order valence-corrected chi connectivity index (χ2v) is 6.50. The Morgan fingerprint density at radius 2 is 1.79 bits per heavy atom. The number of methoxy groups -OCH3 is 1. The standard InChI is InChI=1S/C20H27N7O/c1-14-19(15(2)26(4)24-14)13-23-20(21-3)22-12-16-10-11-27(25-16)17-6-8-18(28-5)9-7-17/h6-11H,12-13H2,1-5H3,(H2,21,22,23). The van der Waals surface area contributed by atoms with E-state index in [4.69, 9.17) is 4.74 Å². The van der Waals surface area contributed by atoms with Gasteiger partial charge < -0.3 is 15.4 Å². The van der Waals surface area contributed by atoms with E-state index in [1.165, 1.54) is 5.56 Å². The van der Waals surface area contributed by atoms with Crippen molar-refractivity contribution in [2.24, 2.45) is 12.0 Å². The zero-order valence-electron chi connectivity index (χ0n) is 17.0. The molecule has 0 aliphatic carbocycles. The van der Waals surface area contributed by atoms with E-state index in [0.29, 0.717) is 13.1 Å². The lowest BCUT2D eigenvalue weighted by atomic mass is 10.2. The van der Waals surface area contributed by atoms with Crippen molar-refractivity contribution in [3.05, 3.63) is 59.2 Å². The van der Waals surface area contributed by atoms with E-state index >= 15 is 0 Å². The van der Waals surface area contributed by atoms with Crippen LogP contribution in [0.25, 0.3) is 5.69 Å². The first-order chi connectivity index (χ1) is 13.5. The number of rotatable bonds is 6. The number of aliphatic imine (C=N–C) groups is 1. The number of guanidine groups is 1. The Balaban J connectivity index is 1.57. The van der Waals surface area contributed by atoms with Gasteiger partial charge in [0.25, 0.3) is 0 Å². The highest BCUT2D eigenvalue weighted by atomic mass is 16.5. The summed E-state index contributed by atoms with van der Waals surface area (Å²) in [5.41, 5.74) is 5.28. The van der Waals surface area contributed by atoms with Crippen LogP contribution in [0, 0.1) is 13.8 Å². The lowest BCUT2D eigenvalue weighted by Crippen LogP contribution is -2.36. The molecule has 0 amide bonds. The topological polar surface area (TPSA) is 81.3 Å². The van der Waals surface area contributed by atoms with Crippen LogP contribution in [0.1, 0.15) is 22.6 Å². The summed E-state index contributed by atoms with van der Waals surface area (Å²) in [4.78, 5) is 4.29. The fourth-order valence-electron chi connectivity index (χ4n) is 2.98. The summed E-state index contributed by atoms with van der Waals surface area (Å²) in [6.45, 7) is 5.34. The van der Waals surface area contributed by atoms with E-state index in [-0.39, 0.29) is 0 Å². The van der Waals surface area contributed by atoms with E-state index < -0.39 is 0 Å². The molecule has 8 nitrogen and oxygen atoms in total. The van der Waals surface area contributed by atoms with Crippen molar-refractivity contribution in [3.8, 4) is 11.4 Å². The second-order valence-electron chi connectivity index (χ2n) is 6.50. The molecule has 0 aliphatic heterocycles. The number of aryl methyl sites for hydroxylation is 2. The third-order valence-electron chi connectivity index (χ3n) is 4.73. The molecule has 2 N–H and O–H groups in total. The van der Waals surface area contributed by atoms with Crippen molar-refractivity contribution in [2.75, 3.05) is 14.2 Å². The predicted molar refractivity (Wildman–Crippen MR) is 110 cm³/mol. The summed E-state index contributed by atoms with van der Waals surface area (Å²) in [5, 5.41) is 15.7. The minimum Gasteiger partial charge on any atom is -0.497 e. The summed E-state index contributed by atoms with van der Waals surface area (Å²) in [6, 6.07) is 9.77. The molecule has 0 aliphatic rings. The molecular formula is C20H27N7O. The van der Waals surface area contributed by atoms with Crippen molar-refractivity contribution >= 4 is 5.96 Å². The van der Waals surface area contributed by atoms with Gasteiger partial charge >= 0.3 is 0 Å². The van der Waals surface area contributed by atoms with Crippen LogP contribution < -0.4 is 15.4 Å². The maximum atomic E-state index is 5.19. The number of benzene rings is 1. The molecule has 3 rings (SSSR count). The second kappa shape index (κ2) is 8.60. The van der Waals surface area contributed by atoms with Gasteiger partial charge in [0, 0.05) is 38.1 Å². The number of hydrogen-bond acceptors (Lipinski definition) is 4. The van der Waals surface area contributed by atoms with Gasteiger partial charge in [0.15, 0.2) is 5.96 Å². The van der Waals surface area contributed by atoms with Gasteiger partial charge in [-0.3, -0.25) is 9.67 Å². The Morgan fingerprint density at radius 3 is 2.39 bits per heavy atom. The largest absolute Gasteiger partial charge is 0.497 e. The Hall–Kier alpha value is -3.29. The van der Waals surface area contributed by atoms with E-state index in [1.54, 1.807) is 14.2 Å². The first-order valence-corrected chi connectivity index (χ1v) is 9.14. The van der Waals surface area contributed by atoms with Crippen molar-refractivity contribution in [3.63, 3.8) is 0 Å². The highest BCUT2D eigenvalue weighted by molar-refractivity contribution is 5.79. The van der Waals surface area contributed by atoms with E-state index in [2.05, 4.69) is 32.7 Å². The zero-order valence-corrected chi connectivity index (χ0v) is 17.0. The van der Waals surface area contributed by atoms with Crippen LogP contribution in [-0.4, -0.2) is 39.7 Å². The van der Waals surface area contributed by atoms with Crippen LogP contribution in [-0.2, 0) is 20.1 Å². The molecule has 148 valence electrons. The van der Waals surface area contributed by atoms with Crippen LogP contribution in [0.5, 0.6) is 5.75 Å². The first kappa shape index (κ1) is 19.5. The average Bonchev–Trinajstić information content (AvgIpc) is 3.27. The van der Waals surface area contributed by atoms with Gasteiger partial charge in [-0.1, -0.05) is 0 Å². The molecule has 0 radical (unpaired) electrons. The highest BCUT2D eigenvalue weighted by Crippen LogP contribution is 2.14. The Labute approximate surface area is 165 Å². The molecule has 0 saturated heterocycles. The van der Waals surface area contributed by atoms with Gasteiger partial charge in [-0.25, -0.2) is 4.68 Å². The fraction of sp³-hybridized carbons (Fsp3) is 0.350. The molecule has 0 unspecified atom stereocenters. The monoisotopic (exact) mass is 381 g/mol. The fourth-order valence-corrected chi connectivity index (χ4v) is 2.98. The summed E-state index contributed by atoms with van der Waals surface area (Å²) >= 11 is 0. The molecule has 2 heterocycles. The highest BCUT2D eigenvalue weighted by Gasteiger charge is 2.10. The summed E-state index contributed by atoms with van der Waals surface area (Å²) < 4.78 is 8.93. The minimum atomic E-state index is 0.577. The SMILES string of the molecule is CN=C(NCc1ccn(-c2ccc(OC)cc2)n1)NCc1c(C)nn(C)c1C. The maximum Gasteiger partial charge on any atom is 0.191 e. The third kappa shape index (κ3) is 4.33. The Morgan fingerprint density at radius 1 is 1.07 bits per heavy atom. The third-order valence-corrected chi connectivity index (χ3v) is 4.73. The van der Waals surface area contributed by atoms with Gasteiger partial charge in [0.2, 0.25) is 0 Å². The van der Waals surface area contributed by atoms with Crippen LogP contribution in [0.2, 0.25) is 0 Å². The molecular weight excluding hydrogens is 354 g/mol. The van der Waals surface area contributed by atoms with Crippen LogP contribution >= 0.6 is 0 Å². The normalized spacial score (nSPS) is 11.5. The smallest absolute Gasteiger partial charge is 0.191 e. The van der Waals surface area contributed by atoms with E-state index in [1.807, 2.05) is 59.9 Å². The van der Waals surface area contributed by atoms with Gasteiger partial charge in [-0.15, -0.1) is 0 Å². The molecule has 8 heteroatoms. The summed E-state index contributed by atoms with van der Waals surface area (Å²) in [6.07, 6.45) is 1.94. The molecule has 0 spiro atoms. The summed E-state index contributed by atoms with van der Waals surface area (Å²) in [5.74, 6) is 1.55. The van der Waals surface area contributed by atoms with Gasteiger partial charge in [-0.05, 0) is 44.2 Å². The zero-order chi connectivity index (χ0) is 20.1. The molecule has 0 fully saturated rings. The predicted octanol–water partition coefficient (Wildman–Crippen LogP) is 2.10. The van der Waals surface area contributed by atoms with Crippen molar-refractivity contribution in [1.82, 2.24) is 30.2 Å². The molecule has 3 aromatic rings. The number of hydrogen-bond donors (Lipinski definition) is 2. The average molecular weight is 381 g/mol. The van der Waals surface area contributed by atoms with Gasteiger partial charge in [0.1, 0.15) is 5.75 Å². The Bertz CT molecular complexity index is 954. The number of ether oxygens (including phenoxy) is 1. The number of nitrogens with zero attached hydrogens (tertiary/aromatic N) is 5. The first-order valence-electron chi connectivity index (χ1n) is 9.14. The molecule has 0 bridgehead atoms. The van der Waals surface area contributed by atoms with Crippen LogP contribution in [0.4, 0.5) is 0 Å². The molecule has 2 aromatic heterocycles. The van der Waals surface area contributed by atoms with Gasteiger partial charge in [0.05, 0.1) is 30.7 Å². The summed E-state index contributed by atoms with van der Waals surface area (Å²) in [7, 11) is 5.37. The molecule has 0 atom stereocenters. The minimum absolute atomic E-state index is 0.577. The van der Waals surface area contributed by atoms with Crippen molar-refractivity contribution in [1.29, 1.82) is 0 Å². The Kier molecular flexibility index (Phi) is 5.98. The van der Waals surface area contributed by atoms with E-state index in [0.717, 1.165) is 34.5 Å². The molecule has 1 aromatic carbocycles. The van der Waals surface area contributed by atoms with Gasteiger partial charge in [-0.2, -0.15) is 10.2 Å². The van der Waals surface area contributed by atoms with Crippen LogP contribution in [0.15, 0.2) is 41.5 Å². The molecule has 28 heavy (non-hydrogen) atoms.